The molecule has 4 heteroatoms. The summed E-state index contributed by atoms with van der Waals surface area (Å²) in [6.07, 6.45) is -1.17. The summed E-state index contributed by atoms with van der Waals surface area (Å²) in [6.45, 7) is 3.35. The number of carbonyl (C=O) groups is 1. The molecule has 2 atom stereocenters. The highest BCUT2D eigenvalue weighted by Gasteiger charge is 2.19. The van der Waals surface area contributed by atoms with E-state index in [4.69, 9.17) is 9.84 Å². The molecular weight excluding hydrogens is 208 g/mol. The van der Waals surface area contributed by atoms with Gasteiger partial charge in [-0.05, 0) is 19.4 Å². The van der Waals surface area contributed by atoms with Crippen LogP contribution < -0.4 is 4.74 Å². The van der Waals surface area contributed by atoms with Crippen molar-refractivity contribution >= 4 is 5.97 Å². The van der Waals surface area contributed by atoms with E-state index in [-0.39, 0.29) is 0 Å². The average molecular weight is 224 g/mol. The van der Waals surface area contributed by atoms with Gasteiger partial charge in [0, 0.05) is 5.56 Å². The molecule has 4 nitrogen and oxygen atoms in total. The molecule has 2 unspecified atom stereocenters. The van der Waals surface area contributed by atoms with Gasteiger partial charge in [-0.25, -0.2) is 4.79 Å². The maximum Gasteiger partial charge on any atom is 0.344 e. The van der Waals surface area contributed by atoms with Crippen molar-refractivity contribution in [1.82, 2.24) is 0 Å². The predicted octanol–water partition coefficient (Wildman–Crippen LogP) is 1.98. The summed E-state index contributed by atoms with van der Waals surface area (Å²) in [6, 6.07) is 6.90. The molecular formula is C12H16O4. The number of hydrogen-bond donors (Lipinski definition) is 2. The Hall–Kier alpha value is -1.55. The Labute approximate surface area is 94.5 Å². The molecule has 0 radical (unpaired) electrons. The van der Waals surface area contributed by atoms with Crippen molar-refractivity contribution < 1.29 is 19.7 Å². The molecule has 1 aromatic carbocycles. The number of aliphatic carboxylic acids is 1. The van der Waals surface area contributed by atoms with Crippen LogP contribution in [0.5, 0.6) is 5.75 Å². The summed E-state index contributed by atoms with van der Waals surface area (Å²) in [7, 11) is 0. The van der Waals surface area contributed by atoms with E-state index in [2.05, 4.69) is 0 Å². The maximum atomic E-state index is 10.8. The topological polar surface area (TPSA) is 66.8 Å². The standard InChI is InChI=1S/C12H16O4/c1-3-10(12(14)15)16-11-7-5-4-6-9(11)8(2)13/h4-8,10,13H,3H2,1-2H3,(H,14,15). The van der Waals surface area contributed by atoms with Crippen LogP contribution >= 0.6 is 0 Å². The van der Waals surface area contributed by atoms with Gasteiger partial charge in [0.15, 0.2) is 6.10 Å². The molecule has 0 saturated carbocycles. The molecule has 0 saturated heterocycles. The summed E-state index contributed by atoms with van der Waals surface area (Å²) >= 11 is 0. The fourth-order valence-electron chi connectivity index (χ4n) is 1.39. The van der Waals surface area contributed by atoms with Gasteiger partial charge in [0.1, 0.15) is 5.75 Å². The van der Waals surface area contributed by atoms with E-state index in [9.17, 15) is 9.90 Å². The first-order valence-electron chi connectivity index (χ1n) is 5.22. The summed E-state index contributed by atoms with van der Waals surface area (Å²) in [5, 5.41) is 18.4. The van der Waals surface area contributed by atoms with Gasteiger partial charge < -0.3 is 14.9 Å². The van der Waals surface area contributed by atoms with Crippen molar-refractivity contribution in [1.29, 1.82) is 0 Å². The smallest absolute Gasteiger partial charge is 0.344 e. The third-order valence-electron chi connectivity index (χ3n) is 2.28. The van der Waals surface area contributed by atoms with Crippen molar-refractivity contribution in [2.75, 3.05) is 0 Å². The first kappa shape index (κ1) is 12.5. The van der Waals surface area contributed by atoms with Gasteiger partial charge in [-0.15, -0.1) is 0 Å². The molecule has 88 valence electrons. The SMILES string of the molecule is CCC(Oc1ccccc1C(C)O)C(=O)O. The summed E-state index contributed by atoms with van der Waals surface area (Å²) in [5.41, 5.74) is 0.599. The molecule has 0 bridgehead atoms. The van der Waals surface area contributed by atoms with Crippen LogP contribution in [0.4, 0.5) is 0 Å². The van der Waals surface area contributed by atoms with Crippen molar-refractivity contribution in [3.05, 3.63) is 29.8 Å². The van der Waals surface area contributed by atoms with Crippen LogP contribution in [0.1, 0.15) is 31.9 Å². The molecule has 2 N–H and O–H groups in total. The summed E-state index contributed by atoms with van der Waals surface area (Å²) in [5.74, 6) is -0.574. The summed E-state index contributed by atoms with van der Waals surface area (Å²) in [4.78, 5) is 10.8. The number of rotatable bonds is 5. The molecule has 0 aliphatic carbocycles. The van der Waals surface area contributed by atoms with Crippen molar-refractivity contribution in [2.24, 2.45) is 0 Å². The van der Waals surface area contributed by atoms with Gasteiger partial charge in [-0.3, -0.25) is 0 Å². The quantitative estimate of drug-likeness (QED) is 0.802. The maximum absolute atomic E-state index is 10.8. The normalized spacial score (nSPS) is 14.2. The zero-order valence-corrected chi connectivity index (χ0v) is 9.38. The lowest BCUT2D eigenvalue weighted by Crippen LogP contribution is -2.26. The summed E-state index contributed by atoms with van der Waals surface area (Å²) < 4.78 is 5.36. The minimum absolute atomic E-state index is 0.378. The van der Waals surface area contributed by atoms with E-state index in [1.165, 1.54) is 0 Å². The number of carboxylic acids is 1. The van der Waals surface area contributed by atoms with Crippen molar-refractivity contribution in [3.63, 3.8) is 0 Å². The number of ether oxygens (including phenoxy) is 1. The first-order valence-corrected chi connectivity index (χ1v) is 5.22. The molecule has 16 heavy (non-hydrogen) atoms. The highest BCUT2D eigenvalue weighted by Crippen LogP contribution is 2.25. The number of benzene rings is 1. The number of hydrogen-bond acceptors (Lipinski definition) is 3. The Morgan fingerprint density at radius 2 is 2.06 bits per heavy atom. The largest absolute Gasteiger partial charge is 0.479 e. The van der Waals surface area contributed by atoms with E-state index >= 15 is 0 Å². The highest BCUT2D eigenvalue weighted by atomic mass is 16.5. The second kappa shape index (κ2) is 5.51. The third kappa shape index (κ3) is 2.97. The Morgan fingerprint density at radius 3 is 2.56 bits per heavy atom. The van der Waals surface area contributed by atoms with Crippen LogP contribution in [0.15, 0.2) is 24.3 Å². The second-order valence-electron chi connectivity index (χ2n) is 3.57. The van der Waals surface area contributed by atoms with Gasteiger partial charge >= 0.3 is 5.97 Å². The molecule has 0 amide bonds. The molecule has 0 aliphatic heterocycles. The van der Waals surface area contributed by atoms with E-state index in [1.807, 2.05) is 0 Å². The van der Waals surface area contributed by atoms with Crippen LogP contribution in [-0.4, -0.2) is 22.3 Å². The van der Waals surface area contributed by atoms with Crippen LogP contribution in [0.25, 0.3) is 0 Å². The van der Waals surface area contributed by atoms with Crippen molar-refractivity contribution in [3.8, 4) is 5.75 Å². The molecule has 0 aliphatic rings. The predicted molar refractivity (Wildman–Crippen MR) is 59.4 cm³/mol. The lowest BCUT2D eigenvalue weighted by Gasteiger charge is -2.17. The Bertz CT molecular complexity index is 360. The molecule has 1 rings (SSSR count). The number of aliphatic hydroxyl groups is 1. The lowest BCUT2D eigenvalue weighted by atomic mass is 10.1. The monoisotopic (exact) mass is 224 g/mol. The fourth-order valence-corrected chi connectivity index (χ4v) is 1.39. The second-order valence-corrected chi connectivity index (χ2v) is 3.57. The average Bonchev–Trinajstić information content (AvgIpc) is 2.25. The van der Waals surface area contributed by atoms with E-state index in [1.54, 1.807) is 38.1 Å². The third-order valence-corrected chi connectivity index (χ3v) is 2.28. The minimum Gasteiger partial charge on any atom is -0.479 e. The van der Waals surface area contributed by atoms with E-state index < -0.39 is 18.2 Å². The molecule has 0 heterocycles. The minimum atomic E-state index is -0.997. The molecule has 1 aromatic rings. The van der Waals surface area contributed by atoms with Gasteiger partial charge in [-0.1, -0.05) is 25.1 Å². The van der Waals surface area contributed by atoms with Gasteiger partial charge in [0.2, 0.25) is 0 Å². The zero-order chi connectivity index (χ0) is 12.1. The van der Waals surface area contributed by atoms with Crippen LogP contribution in [0.2, 0.25) is 0 Å². The van der Waals surface area contributed by atoms with Crippen LogP contribution in [0.3, 0.4) is 0 Å². The molecule has 0 spiro atoms. The van der Waals surface area contributed by atoms with Gasteiger partial charge in [0.05, 0.1) is 6.10 Å². The van der Waals surface area contributed by atoms with Gasteiger partial charge in [0.25, 0.3) is 0 Å². The zero-order valence-electron chi connectivity index (χ0n) is 9.38. The number of aliphatic hydroxyl groups excluding tert-OH is 1. The molecule has 0 aromatic heterocycles. The van der Waals surface area contributed by atoms with E-state index in [0.29, 0.717) is 17.7 Å². The van der Waals surface area contributed by atoms with Crippen LogP contribution in [-0.2, 0) is 4.79 Å². The van der Waals surface area contributed by atoms with Crippen molar-refractivity contribution in [2.45, 2.75) is 32.5 Å². The highest BCUT2D eigenvalue weighted by molar-refractivity contribution is 5.72. The Kier molecular flexibility index (Phi) is 4.31. The van der Waals surface area contributed by atoms with Crippen LogP contribution in [0, 0.1) is 0 Å². The number of para-hydroxylation sites is 1. The fraction of sp³-hybridized carbons (Fsp3) is 0.417. The van der Waals surface area contributed by atoms with Gasteiger partial charge in [-0.2, -0.15) is 0 Å². The Balaban J connectivity index is 2.91. The molecule has 0 fully saturated rings. The Morgan fingerprint density at radius 1 is 1.44 bits per heavy atom. The first-order chi connectivity index (χ1) is 7.56. The van der Waals surface area contributed by atoms with E-state index in [0.717, 1.165) is 0 Å². The lowest BCUT2D eigenvalue weighted by molar-refractivity contribution is -0.145. The number of carboxylic acid groups (broad SMARTS) is 1.